The first-order chi connectivity index (χ1) is 5.57. The highest BCUT2D eigenvalue weighted by atomic mass is 16.3. The Bertz CT molecular complexity index is 248. The highest BCUT2D eigenvalue weighted by molar-refractivity contribution is 5.39. The third-order valence-corrected chi connectivity index (χ3v) is 2.31. The Morgan fingerprint density at radius 1 is 1.75 bits per heavy atom. The van der Waals surface area contributed by atoms with E-state index in [0.29, 0.717) is 0 Å². The Labute approximate surface area is 74.1 Å². The molecule has 0 fully saturated rings. The maximum Gasteiger partial charge on any atom is 0.0522 e. The van der Waals surface area contributed by atoms with Crippen LogP contribution in [0.25, 0.3) is 0 Å². The van der Waals surface area contributed by atoms with Crippen LogP contribution < -0.4 is 0 Å². The SMILES string of the molecule is C=C(C)C1=CCC(C)(CO)C=C1. The molecule has 0 aliphatic heterocycles. The van der Waals surface area contributed by atoms with E-state index < -0.39 is 0 Å². The third-order valence-electron chi connectivity index (χ3n) is 2.31. The van der Waals surface area contributed by atoms with Crippen molar-refractivity contribution in [3.8, 4) is 0 Å². The minimum Gasteiger partial charge on any atom is -0.395 e. The largest absolute Gasteiger partial charge is 0.395 e. The third kappa shape index (κ3) is 1.86. The van der Waals surface area contributed by atoms with Crippen LogP contribution in [0, 0.1) is 5.41 Å². The summed E-state index contributed by atoms with van der Waals surface area (Å²) in [5.41, 5.74) is 2.23. The first-order valence-electron chi connectivity index (χ1n) is 4.23. The molecule has 1 aliphatic carbocycles. The van der Waals surface area contributed by atoms with E-state index in [-0.39, 0.29) is 12.0 Å². The molecule has 0 aromatic heterocycles. The Morgan fingerprint density at radius 2 is 2.42 bits per heavy atom. The fourth-order valence-electron chi connectivity index (χ4n) is 1.20. The topological polar surface area (TPSA) is 20.2 Å². The summed E-state index contributed by atoms with van der Waals surface area (Å²) < 4.78 is 0. The zero-order chi connectivity index (χ0) is 9.19. The van der Waals surface area contributed by atoms with Crippen molar-refractivity contribution in [1.82, 2.24) is 0 Å². The highest BCUT2D eigenvalue weighted by Crippen LogP contribution is 2.30. The minimum atomic E-state index is -0.0566. The molecule has 1 unspecified atom stereocenters. The van der Waals surface area contributed by atoms with Gasteiger partial charge in [0.25, 0.3) is 0 Å². The van der Waals surface area contributed by atoms with Gasteiger partial charge in [-0.15, -0.1) is 0 Å². The van der Waals surface area contributed by atoms with Gasteiger partial charge in [-0.2, -0.15) is 0 Å². The van der Waals surface area contributed by atoms with Crippen molar-refractivity contribution in [2.45, 2.75) is 20.3 Å². The number of hydrogen-bond acceptors (Lipinski definition) is 1. The Balaban J connectivity index is 2.74. The molecule has 0 bridgehead atoms. The fourth-order valence-corrected chi connectivity index (χ4v) is 1.20. The van der Waals surface area contributed by atoms with Gasteiger partial charge in [0.05, 0.1) is 6.61 Å². The lowest BCUT2D eigenvalue weighted by Gasteiger charge is -2.25. The summed E-state index contributed by atoms with van der Waals surface area (Å²) in [5, 5.41) is 9.07. The van der Waals surface area contributed by atoms with Crippen LogP contribution >= 0.6 is 0 Å². The molecule has 0 spiro atoms. The van der Waals surface area contributed by atoms with Crippen LogP contribution in [0.4, 0.5) is 0 Å². The summed E-state index contributed by atoms with van der Waals surface area (Å²) in [6.45, 7) is 8.13. The second-order valence-corrected chi connectivity index (χ2v) is 3.79. The van der Waals surface area contributed by atoms with E-state index in [9.17, 15) is 0 Å². The lowest BCUT2D eigenvalue weighted by atomic mass is 9.82. The van der Waals surface area contributed by atoms with Crippen molar-refractivity contribution in [1.29, 1.82) is 0 Å². The van der Waals surface area contributed by atoms with Crippen molar-refractivity contribution >= 4 is 0 Å². The summed E-state index contributed by atoms with van der Waals surface area (Å²) in [5.74, 6) is 0. The zero-order valence-corrected chi connectivity index (χ0v) is 7.80. The van der Waals surface area contributed by atoms with Crippen LogP contribution in [0.3, 0.4) is 0 Å². The molecule has 1 heteroatoms. The van der Waals surface area contributed by atoms with Gasteiger partial charge in [0, 0.05) is 5.41 Å². The van der Waals surface area contributed by atoms with E-state index in [2.05, 4.69) is 25.7 Å². The second-order valence-electron chi connectivity index (χ2n) is 3.79. The van der Waals surface area contributed by atoms with Crippen molar-refractivity contribution in [3.63, 3.8) is 0 Å². The van der Waals surface area contributed by atoms with Crippen LogP contribution in [0.2, 0.25) is 0 Å². The lowest BCUT2D eigenvalue weighted by Crippen LogP contribution is -2.19. The summed E-state index contributed by atoms with van der Waals surface area (Å²) in [6.07, 6.45) is 7.15. The number of aliphatic hydroxyl groups is 1. The summed E-state index contributed by atoms with van der Waals surface area (Å²) in [4.78, 5) is 0. The molecule has 1 aliphatic rings. The van der Waals surface area contributed by atoms with Gasteiger partial charge < -0.3 is 5.11 Å². The Hall–Kier alpha value is -0.820. The lowest BCUT2D eigenvalue weighted by molar-refractivity contribution is 0.185. The first kappa shape index (κ1) is 9.27. The van der Waals surface area contributed by atoms with Crippen molar-refractivity contribution in [2.75, 3.05) is 6.61 Å². The average molecular weight is 164 g/mol. The van der Waals surface area contributed by atoms with Gasteiger partial charge in [0.15, 0.2) is 0 Å². The maximum absolute atomic E-state index is 9.07. The molecular weight excluding hydrogens is 148 g/mol. The van der Waals surface area contributed by atoms with Crippen LogP contribution in [-0.2, 0) is 0 Å². The monoisotopic (exact) mass is 164 g/mol. The molecule has 12 heavy (non-hydrogen) atoms. The number of aliphatic hydroxyl groups excluding tert-OH is 1. The van der Waals surface area contributed by atoms with Gasteiger partial charge >= 0.3 is 0 Å². The molecule has 0 heterocycles. The zero-order valence-electron chi connectivity index (χ0n) is 7.80. The normalized spacial score (nSPS) is 28.4. The quantitative estimate of drug-likeness (QED) is 0.664. The van der Waals surface area contributed by atoms with E-state index in [4.69, 9.17) is 5.11 Å². The fraction of sp³-hybridized carbons (Fsp3) is 0.455. The van der Waals surface area contributed by atoms with Gasteiger partial charge in [0.2, 0.25) is 0 Å². The predicted octanol–water partition coefficient (Wildman–Crippen LogP) is 2.45. The van der Waals surface area contributed by atoms with Crippen LogP contribution in [0.1, 0.15) is 20.3 Å². The smallest absolute Gasteiger partial charge is 0.0522 e. The number of allylic oxidation sites excluding steroid dienone is 4. The first-order valence-corrected chi connectivity index (χ1v) is 4.23. The predicted molar refractivity (Wildman–Crippen MR) is 51.8 cm³/mol. The molecule has 1 atom stereocenters. The van der Waals surface area contributed by atoms with E-state index in [0.717, 1.165) is 12.0 Å². The van der Waals surface area contributed by atoms with Gasteiger partial charge in [-0.3, -0.25) is 0 Å². The van der Waals surface area contributed by atoms with Gasteiger partial charge in [0.1, 0.15) is 0 Å². The standard InChI is InChI=1S/C11H16O/c1-9(2)10-4-6-11(3,8-12)7-5-10/h4-6,12H,1,7-8H2,2-3H3. The highest BCUT2D eigenvalue weighted by Gasteiger charge is 2.21. The molecule has 0 aromatic rings. The van der Waals surface area contributed by atoms with Crippen molar-refractivity contribution in [2.24, 2.45) is 5.41 Å². The van der Waals surface area contributed by atoms with E-state index in [1.54, 1.807) is 0 Å². The molecule has 66 valence electrons. The Kier molecular flexibility index (Phi) is 2.53. The minimum absolute atomic E-state index is 0.0566. The van der Waals surface area contributed by atoms with Gasteiger partial charge in [-0.25, -0.2) is 0 Å². The van der Waals surface area contributed by atoms with Crippen molar-refractivity contribution < 1.29 is 5.11 Å². The van der Waals surface area contributed by atoms with E-state index >= 15 is 0 Å². The molecule has 0 saturated carbocycles. The van der Waals surface area contributed by atoms with E-state index in [1.807, 2.05) is 13.0 Å². The molecule has 0 amide bonds. The molecular formula is C11H16O. The van der Waals surface area contributed by atoms with Gasteiger partial charge in [-0.05, 0) is 18.9 Å². The summed E-state index contributed by atoms with van der Waals surface area (Å²) in [6, 6.07) is 0. The molecule has 1 rings (SSSR count). The van der Waals surface area contributed by atoms with Crippen molar-refractivity contribution in [3.05, 3.63) is 36.0 Å². The maximum atomic E-state index is 9.07. The second kappa shape index (κ2) is 3.28. The summed E-state index contributed by atoms with van der Waals surface area (Å²) in [7, 11) is 0. The summed E-state index contributed by atoms with van der Waals surface area (Å²) >= 11 is 0. The number of rotatable bonds is 2. The average Bonchev–Trinajstić information content (AvgIpc) is 2.05. The number of hydrogen-bond donors (Lipinski definition) is 1. The molecule has 0 radical (unpaired) electrons. The van der Waals surface area contributed by atoms with Crippen LogP contribution in [0.15, 0.2) is 36.0 Å². The van der Waals surface area contributed by atoms with Crippen LogP contribution in [-0.4, -0.2) is 11.7 Å². The van der Waals surface area contributed by atoms with Gasteiger partial charge in [-0.1, -0.05) is 37.3 Å². The molecule has 0 aromatic carbocycles. The van der Waals surface area contributed by atoms with E-state index in [1.165, 1.54) is 5.57 Å². The Morgan fingerprint density at radius 3 is 2.75 bits per heavy atom. The molecule has 1 N–H and O–H groups in total. The van der Waals surface area contributed by atoms with Crippen LogP contribution in [0.5, 0.6) is 0 Å². The molecule has 1 nitrogen and oxygen atoms in total. The molecule has 0 saturated heterocycles.